The number of nitrogens with one attached hydrogen (secondary N) is 5. The van der Waals surface area contributed by atoms with Gasteiger partial charge in [-0.15, -0.1) is 0 Å². The maximum absolute atomic E-state index is 14.4. The highest BCUT2D eigenvalue weighted by Gasteiger charge is 2.54. The number of amides is 5. The van der Waals surface area contributed by atoms with Crippen molar-refractivity contribution in [2.45, 2.75) is 152 Å². The van der Waals surface area contributed by atoms with Crippen LogP contribution >= 0.6 is 0 Å². The standard InChI is InChI=1S/C38H73N5O10/c1-13-34(8,29(49)39-15-24(3)44)20-36(10,31(51)41-17-26(5)46)22-38(12,33(53)43-19-28(7)48)23-37(11,32(52)42-18-27(6)47)21-35(9,14-2)30(50)40-16-25(4)45/h24-28,44-48H,13-23H2,1-12H3,(H,39,49)(H,40,50)(H,41,51)(H,42,52)(H,43,53)/t24?,25?,26?,27?,28?,34-,35?,36?,37?,38?/m0/s1. The van der Waals surface area contributed by atoms with E-state index in [2.05, 4.69) is 26.6 Å². The lowest BCUT2D eigenvalue weighted by atomic mass is 9.58. The Morgan fingerprint density at radius 2 is 0.528 bits per heavy atom. The van der Waals surface area contributed by atoms with Gasteiger partial charge in [-0.2, -0.15) is 0 Å². The molecule has 0 aromatic carbocycles. The van der Waals surface area contributed by atoms with Gasteiger partial charge >= 0.3 is 0 Å². The maximum Gasteiger partial charge on any atom is 0.226 e. The van der Waals surface area contributed by atoms with Crippen molar-refractivity contribution in [2.75, 3.05) is 32.7 Å². The predicted octanol–water partition coefficient (Wildman–Crippen LogP) is 0.883. The zero-order valence-corrected chi connectivity index (χ0v) is 34.4. The van der Waals surface area contributed by atoms with E-state index in [1.165, 1.54) is 34.6 Å². The van der Waals surface area contributed by atoms with Crippen LogP contribution in [0, 0.1) is 27.1 Å². The second-order valence-electron chi connectivity index (χ2n) is 17.0. The van der Waals surface area contributed by atoms with Crippen molar-refractivity contribution in [2.24, 2.45) is 27.1 Å². The first kappa shape index (κ1) is 50.1. The first-order valence-corrected chi connectivity index (χ1v) is 19.0. The summed E-state index contributed by atoms with van der Waals surface area (Å²) in [5.41, 5.74) is -6.83. The number of aliphatic hydroxyl groups excluding tert-OH is 5. The van der Waals surface area contributed by atoms with Crippen molar-refractivity contribution < 1.29 is 49.5 Å². The molecule has 0 heterocycles. The Morgan fingerprint density at radius 1 is 0.377 bits per heavy atom. The SMILES string of the molecule is CCC(C)(CC(C)(CC(C)(CC(C)(C[C@](C)(CC)C(=O)NCC(C)O)C(=O)NCC(C)O)C(=O)NCC(C)O)C(=O)NCC(C)O)C(=O)NCC(C)O. The van der Waals surface area contributed by atoms with Gasteiger partial charge in [-0.3, -0.25) is 24.0 Å². The van der Waals surface area contributed by atoms with Gasteiger partial charge in [-0.05, 0) is 73.1 Å². The van der Waals surface area contributed by atoms with Crippen molar-refractivity contribution in [1.82, 2.24) is 26.6 Å². The van der Waals surface area contributed by atoms with E-state index in [-0.39, 0.29) is 58.4 Å². The molecule has 0 saturated heterocycles. The van der Waals surface area contributed by atoms with E-state index in [1.54, 1.807) is 48.5 Å². The minimum absolute atomic E-state index is 0.0141. The fourth-order valence-corrected chi connectivity index (χ4v) is 7.11. The van der Waals surface area contributed by atoms with Crippen LogP contribution in [0.15, 0.2) is 0 Å². The van der Waals surface area contributed by atoms with Crippen molar-refractivity contribution in [3.63, 3.8) is 0 Å². The fraction of sp³-hybridized carbons (Fsp3) is 0.868. The van der Waals surface area contributed by atoms with Gasteiger partial charge < -0.3 is 52.1 Å². The van der Waals surface area contributed by atoms with E-state index >= 15 is 0 Å². The van der Waals surface area contributed by atoms with Crippen molar-refractivity contribution in [3.8, 4) is 0 Å². The summed E-state index contributed by atoms with van der Waals surface area (Å²) >= 11 is 0. The van der Waals surface area contributed by atoms with Crippen LogP contribution in [0.25, 0.3) is 0 Å². The van der Waals surface area contributed by atoms with Crippen LogP contribution < -0.4 is 26.6 Å². The number of carbonyl (C=O) groups is 5. The highest BCUT2D eigenvalue weighted by molar-refractivity contribution is 5.90. The first-order chi connectivity index (χ1) is 24.1. The summed E-state index contributed by atoms with van der Waals surface area (Å²) in [6.07, 6.45) is -4.31. The van der Waals surface area contributed by atoms with E-state index in [9.17, 15) is 49.5 Å². The number of hydrogen-bond acceptors (Lipinski definition) is 10. The molecular formula is C38H73N5O10. The van der Waals surface area contributed by atoms with Crippen LogP contribution in [-0.4, -0.2) is 118 Å². The Bertz CT molecular complexity index is 1140. The molecule has 0 aromatic heterocycles. The quantitative estimate of drug-likeness (QED) is 0.0630. The monoisotopic (exact) mass is 760 g/mol. The second kappa shape index (κ2) is 21.3. The number of rotatable bonds is 25. The Balaban J connectivity index is 7.57. The highest BCUT2D eigenvalue weighted by atomic mass is 16.3. The third-order valence-corrected chi connectivity index (χ3v) is 10.2. The Labute approximate surface area is 317 Å². The molecule has 0 radical (unpaired) electrons. The van der Waals surface area contributed by atoms with Crippen molar-refractivity contribution >= 4 is 29.5 Å². The third-order valence-electron chi connectivity index (χ3n) is 10.2. The summed E-state index contributed by atoms with van der Waals surface area (Å²) in [7, 11) is 0. The topological polar surface area (TPSA) is 247 Å². The van der Waals surface area contributed by atoms with Crippen molar-refractivity contribution in [1.29, 1.82) is 0 Å². The van der Waals surface area contributed by atoms with Gasteiger partial charge in [0.05, 0.1) is 30.5 Å². The minimum Gasteiger partial charge on any atom is -0.392 e. The van der Waals surface area contributed by atoms with Crippen LogP contribution in [0.2, 0.25) is 0 Å². The molecule has 310 valence electrons. The zero-order chi connectivity index (χ0) is 41.6. The molecule has 10 atom stereocenters. The van der Waals surface area contributed by atoms with Gasteiger partial charge in [0.25, 0.3) is 0 Å². The molecule has 9 unspecified atom stereocenters. The van der Waals surface area contributed by atoms with E-state index in [4.69, 9.17) is 0 Å². The van der Waals surface area contributed by atoms with E-state index < -0.39 is 87.1 Å². The lowest BCUT2D eigenvalue weighted by molar-refractivity contribution is -0.147. The fourth-order valence-electron chi connectivity index (χ4n) is 7.11. The first-order valence-electron chi connectivity index (χ1n) is 19.0. The predicted molar refractivity (Wildman–Crippen MR) is 203 cm³/mol. The smallest absolute Gasteiger partial charge is 0.226 e. The van der Waals surface area contributed by atoms with Gasteiger partial charge in [0.15, 0.2) is 0 Å². The lowest BCUT2D eigenvalue weighted by Gasteiger charge is -2.46. The highest BCUT2D eigenvalue weighted by Crippen LogP contribution is 2.51. The van der Waals surface area contributed by atoms with Gasteiger partial charge in [0.2, 0.25) is 29.5 Å². The summed E-state index contributed by atoms with van der Waals surface area (Å²) in [5, 5.41) is 63.7. The molecule has 0 fully saturated rings. The van der Waals surface area contributed by atoms with E-state index in [0.717, 1.165) is 0 Å². The largest absolute Gasteiger partial charge is 0.392 e. The lowest BCUT2D eigenvalue weighted by Crippen LogP contribution is -2.55. The average molecular weight is 760 g/mol. The summed E-state index contributed by atoms with van der Waals surface area (Å²) in [6, 6.07) is 0. The molecule has 15 nitrogen and oxygen atoms in total. The van der Waals surface area contributed by atoms with Crippen molar-refractivity contribution in [3.05, 3.63) is 0 Å². The Hall–Kier alpha value is -2.85. The summed E-state index contributed by atoms with van der Waals surface area (Å²) in [5.74, 6) is -2.45. The number of carbonyl (C=O) groups excluding carboxylic acids is 5. The number of hydrogen-bond donors (Lipinski definition) is 10. The molecule has 0 aromatic rings. The molecule has 0 aliphatic heterocycles. The maximum atomic E-state index is 14.4. The van der Waals surface area contributed by atoms with Gasteiger partial charge in [0, 0.05) is 59.8 Å². The van der Waals surface area contributed by atoms with Crippen LogP contribution in [0.3, 0.4) is 0 Å². The summed E-state index contributed by atoms with van der Waals surface area (Å²) in [4.78, 5) is 70.1. The minimum atomic E-state index is -1.56. The normalized spacial score (nSPS) is 20.2. The summed E-state index contributed by atoms with van der Waals surface area (Å²) < 4.78 is 0. The Kier molecular flexibility index (Phi) is 20.2. The van der Waals surface area contributed by atoms with Gasteiger partial charge in [-0.25, -0.2) is 0 Å². The van der Waals surface area contributed by atoms with Gasteiger partial charge in [0.1, 0.15) is 0 Å². The second-order valence-corrected chi connectivity index (χ2v) is 17.0. The van der Waals surface area contributed by atoms with Crippen LogP contribution in [-0.2, 0) is 24.0 Å². The molecular weight excluding hydrogens is 686 g/mol. The molecule has 0 rings (SSSR count). The van der Waals surface area contributed by atoms with Gasteiger partial charge in [-0.1, -0.05) is 48.5 Å². The van der Waals surface area contributed by atoms with Crippen LogP contribution in [0.4, 0.5) is 0 Å². The summed E-state index contributed by atoms with van der Waals surface area (Å²) in [6.45, 7) is 19.0. The molecule has 0 aliphatic carbocycles. The molecule has 10 N–H and O–H groups in total. The zero-order valence-electron chi connectivity index (χ0n) is 34.4. The molecule has 53 heavy (non-hydrogen) atoms. The molecule has 0 saturated carbocycles. The van der Waals surface area contributed by atoms with Crippen LogP contribution in [0.1, 0.15) is 122 Å². The molecule has 0 bridgehead atoms. The molecule has 0 spiro atoms. The molecule has 5 amide bonds. The molecule has 15 heteroatoms. The van der Waals surface area contributed by atoms with Crippen LogP contribution in [0.5, 0.6) is 0 Å². The molecule has 0 aliphatic rings. The van der Waals surface area contributed by atoms with E-state index in [1.807, 2.05) is 0 Å². The third kappa shape index (κ3) is 16.2. The Morgan fingerprint density at radius 3 is 0.679 bits per heavy atom. The van der Waals surface area contributed by atoms with E-state index in [0.29, 0.717) is 12.8 Å². The number of aliphatic hydroxyl groups is 5. The average Bonchev–Trinajstić information content (AvgIpc) is 3.05.